The molecular weight excluding hydrogens is 311 g/mol. The van der Waals surface area contributed by atoms with Crippen molar-refractivity contribution in [3.05, 3.63) is 70.0 Å². The van der Waals surface area contributed by atoms with E-state index in [4.69, 9.17) is 22.5 Å². The first-order valence-corrected chi connectivity index (χ1v) is 7.71. The molecule has 0 aliphatic heterocycles. The van der Waals surface area contributed by atoms with Crippen LogP contribution in [0.2, 0.25) is 5.02 Å². The van der Waals surface area contributed by atoms with Gasteiger partial charge >= 0.3 is 0 Å². The van der Waals surface area contributed by atoms with E-state index in [0.717, 1.165) is 16.9 Å². The van der Waals surface area contributed by atoms with E-state index < -0.39 is 5.82 Å². The van der Waals surface area contributed by atoms with E-state index in [2.05, 4.69) is 5.16 Å². The molecule has 2 aromatic carbocycles. The Morgan fingerprint density at radius 2 is 1.81 bits per heavy atom. The zero-order valence-electron chi connectivity index (χ0n) is 11.1. The standard InChI is InChI=1S/C15H14ClFN2OS/c16-13-3-1-10(2-4-13)8-21-9-11-5-12(15(18)19-20)7-14(17)6-11/h1-7,20H,8-9H2,(H2,18,19). The number of nitrogens with two attached hydrogens (primary N) is 1. The van der Waals surface area contributed by atoms with Crippen LogP contribution in [0.25, 0.3) is 0 Å². The minimum absolute atomic E-state index is 0.0987. The highest BCUT2D eigenvalue weighted by molar-refractivity contribution is 7.97. The van der Waals surface area contributed by atoms with Crippen LogP contribution in [-0.2, 0) is 11.5 Å². The highest BCUT2D eigenvalue weighted by Gasteiger charge is 2.05. The van der Waals surface area contributed by atoms with Crippen molar-refractivity contribution in [1.82, 2.24) is 0 Å². The number of oxime groups is 1. The van der Waals surface area contributed by atoms with Crippen molar-refractivity contribution in [2.24, 2.45) is 10.9 Å². The van der Waals surface area contributed by atoms with Gasteiger partial charge < -0.3 is 10.9 Å². The Bertz CT molecular complexity index is 647. The van der Waals surface area contributed by atoms with Crippen molar-refractivity contribution in [2.75, 3.05) is 0 Å². The Hall–Kier alpha value is -1.72. The molecule has 0 saturated carbocycles. The normalized spacial score (nSPS) is 11.6. The summed E-state index contributed by atoms with van der Waals surface area (Å²) in [7, 11) is 0. The van der Waals surface area contributed by atoms with Crippen molar-refractivity contribution in [1.29, 1.82) is 0 Å². The van der Waals surface area contributed by atoms with E-state index in [1.54, 1.807) is 17.8 Å². The molecule has 110 valence electrons. The van der Waals surface area contributed by atoms with Crippen molar-refractivity contribution in [3.63, 3.8) is 0 Å². The molecule has 0 fully saturated rings. The van der Waals surface area contributed by atoms with Gasteiger partial charge in [-0.05, 0) is 41.5 Å². The molecule has 6 heteroatoms. The smallest absolute Gasteiger partial charge is 0.170 e. The van der Waals surface area contributed by atoms with Gasteiger partial charge in [0.25, 0.3) is 0 Å². The van der Waals surface area contributed by atoms with Gasteiger partial charge in [-0.2, -0.15) is 11.8 Å². The molecule has 0 aliphatic carbocycles. The average Bonchev–Trinajstić information content (AvgIpc) is 2.48. The van der Waals surface area contributed by atoms with Crippen molar-refractivity contribution < 1.29 is 9.60 Å². The molecule has 2 rings (SSSR count). The Labute approximate surface area is 131 Å². The summed E-state index contributed by atoms with van der Waals surface area (Å²) in [6, 6.07) is 12.0. The predicted octanol–water partition coefficient (Wildman–Crippen LogP) is 4.01. The monoisotopic (exact) mass is 324 g/mol. The lowest BCUT2D eigenvalue weighted by Crippen LogP contribution is -2.13. The van der Waals surface area contributed by atoms with Gasteiger partial charge in [0, 0.05) is 22.1 Å². The maximum absolute atomic E-state index is 13.5. The molecule has 3 nitrogen and oxygen atoms in total. The lowest BCUT2D eigenvalue weighted by Gasteiger charge is -2.06. The zero-order chi connectivity index (χ0) is 15.2. The summed E-state index contributed by atoms with van der Waals surface area (Å²) in [5, 5.41) is 12.2. The Morgan fingerprint density at radius 1 is 1.14 bits per heavy atom. The summed E-state index contributed by atoms with van der Waals surface area (Å²) < 4.78 is 13.5. The molecule has 0 radical (unpaired) electrons. The van der Waals surface area contributed by atoms with Gasteiger partial charge in [-0.3, -0.25) is 0 Å². The maximum Gasteiger partial charge on any atom is 0.170 e. The van der Waals surface area contributed by atoms with Crippen LogP contribution in [0.1, 0.15) is 16.7 Å². The number of nitrogens with zero attached hydrogens (tertiary/aromatic N) is 1. The molecule has 0 aromatic heterocycles. The number of hydrogen-bond donors (Lipinski definition) is 2. The molecule has 0 heterocycles. The zero-order valence-corrected chi connectivity index (χ0v) is 12.7. The second kappa shape index (κ2) is 7.33. The summed E-state index contributed by atoms with van der Waals surface area (Å²) >= 11 is 7.48. The highest BCUT2D eigenvalue weighted by atomic mass is 35.5. The fourth-order valence-electron chi connectivity index (χ4n) is 1.81. The van der Waals surface area contributed by atoms with Crippen LogP contribution < -0.4 is 5.73 Å². The maximum atomic E-state index is 13.5. The molecule has 3 N–H and O–H groups in total. The Balaban J connectivity index is 2.00. The van der Waals surface area contributed by atoms with Crippen LogP contribution >= 0.6 is 23.4 Å². The van der Waals surface area contributed by atoms with E-state index in [9.17, 15) is 4.39 Å². The number of benzene rings is 2. The number of thioether (sulfide) groups is 1. The van der Waals surface area contributed by atoms with Gasteiger partial charge in [-0.1, -0.05) is 28.9 Å². The summed E-state index contributed by atoms with van der Waals surface area (Å²) in [6.45, 7) is 0. The summed E-state index contributed by atoms with van der Waals surface area (Å²) in [5.41, 5.74) is 7.79. The third-order valence-electron chi connectivity index (χ3n) is 2.81. The van der Waals surface area contributed by atoms with Crippen molar-refractivity contribution in [3.8, 4) is 0 Å². The van der Waals surface area contributed by atoms with Gasteiger partial charge in [0.15, 0.2) is 5.84 Å². The van der Waals surface area contributed by atoms with Crippen LogP contribution in [0.15, 0.2) is 47.6 Å². The molecule has 0 aliphatic rings. The molecule has 0 spiro atoms. The topological polar surface area (TPSA) is 58.6 Å². The lowest BCUT2D eigenvalue weighted by atomic mass is 10.1. The van der Waals surface area contributed by atoms with E-state index in [-0.39, 0.29) is 5.84 Å². The number of halogens is 2. The van der Waals surface area contributed by atoms with Gasteiger partial charge in [-0.15, -0.1) is 0 Å². The fourth-order valence-corrected chi connectivity index (χ4v) is 2.87. The molecule has 0 unspecified atom stereocenters. The van der Waals surface area contributed by atoms with Gasteiger partial charge in [-0.25, -0.2) is 4.39 Å². The molecule has 0 atom stereocenters. The summed E-state index contributed by atoms with van der Waals surface area (Å²) in [5.74, 6) is 0.929. The predicted molar refractivity (Wildman–Crippen MR) is 85.4 cm³/mol. The van der Waals surface area contributed by atoms with Crippen LogP contribution in [-0.4, -0.2) is 11.0 Å². The van der Waals surface area contributed by atoms with Gasteiger partial charge in [0.2, 0.25) is 0 Å². The number of hydrogen-bond acceptors (Lipinski definition) is 3. The minimum atomic E-state index is -0.402. The number of amidine groups is 1. The Kier molecular flexibility index (Phi) is 5.47. The minimum Gasteiger partial charge on any atom is -0.409 e. The van der Waals surface area contributed by atoms with Crippen molar-refractivity contribution >= 4 is 29.2 Å². The Morgan fingerprint density at radius 3 is 2.48 bits per heavy atom. The molecule has 2 aromatic rings. The molecule has 21 heavy (non-hydrogen) atoms. The number of rotatable bonds is 5. The van der Waals surface area contributed by atoms with E-state index >= 15 is 0 Å². The van der Waals surface area contributed by atoms with E-state index in [0.29, 0.717) is 16.3 Å². The van der Waals surface area contributed by atoms with Gasteiger partial charge in [0.1, 0.15) is 5.82 Å². The third-order valence-corrected chi connectivity index (χ3v) is 4.14. The van der Waals surface area contributed by atoms with Crippen molar-refractivity contribution in [2.45, 2.75) is 11.5 Å². The van der Waals surface area contributed by atoms with Gasteiger partial charge in [0.05, 0.1) is 0 Å². The molecule has 0 amide bonds. The SMILES string of the molecule is N/C(=N/O)c1cc(F)cc(CSCc2ccc(Cl)cc2)c1. The quantitative estimate of drug-likeness (QED) is 0.378. The van der Waals surface area contributed by atoms with Crippen LogP contribution in [0.5, 0.6) is 0 Å². The second-order valence-corrected chi connectivity index (χ2v) is 5.87. The largest absolute Gasteiger partial charge is 0.409 e. The second-order valence-electron chi connectivity index (χ2n) is 4.45. The van der Waals surface area contributed by atoms with E-state index in [1.807, 2.05) is 24.3 Å². The third kappa shape index (κ3) is 4.65. The average molecular weight is 325 g/mol. The highest BCUT2D eigenvalue weighted by Crippen LogP contribution is 2.20. The first-order valence-electron chi connectivity index (χ1n) is 6.18. The summed E-state index contributed by atoms with van der Waals surface area (Å²) in [6.07, 6.45) is 0. The first-order chi connectivity index (χ1) is 10.1. The summed E-state index contributed by atoms with van der Waals surface area (Å²) in [4.78, 5) is 0. The van der Waals surface area contributed by atoms with Crippen LogP contribution in [0.4, 0.5) is 4.39 Å². The first kappa shape index (κ1) is 15.7. The lowest BCUT2D eigenvalue weighted by molar-refractivity contribution is 0.318. The van der Waals surface area contributed by atoms with E-state index in [1.165, 1.54) is 12.1 Å². The fraction of sp³-hybridized carbons (Fsp3) is 0.133. The molecule has 0 bridgehead atoms. The molecule has 0 saturated heterocycles. The molecular formula is C15H14ClFN2OS. The van der Waals surface area contributed by atoms with Crippen LogP contribution in [0.3, 0.4) is 0 Å². The van der Waals surface area contributed by atoms with Crippen LogP contribution in [0, 0.1) is 5.82 Å².